The normalized spacial score (nSPS) is 19.7. The average Bonchev–Trinajstić information content (AvgIpc) is 3.22. The second-order valence-electron chi connectivity index (χ2n) is 6.94. The molecule has 4 rings (SSSR count). The number of ether oxygens (including phenoxy) is 1. The van der Waals surface area contributed by atoms with Gasteiger partial charge in [0.05, 0.1) is 13.0 Å². The molecule has 0 radical (unpaired) electrons. The van der Waals surface area contributed by atoms with Gasteiger partial charge in [0, 0.05) is 37.3 Å². The van der Waals surface area contributed by atoms with E-state index in [9.17, 15) is 9.59 Å². The minimum Gasteiger partial charge on any atom is -0.497 e. The Morgan fingerprint density at radius 1 is 1.35 bits per heavy atom. The Bertz CT molecular complexity index is 801. The first-order chi connectivity index (χ1) is 12.7. The summed E-state index contributed by atoms with van der Waals surface area (Å²) in [5.41, 5.74) is 1.96. The first-order valence-electron chi connectivity index (χ1n) is 8.91. The van der Waals surface area contributed by atoms with Crippen LogP contribution in [0.2, 0.25) is 0 Å². The molecule has 26 heavy (non-hydrogen) atoms. The monoisotopic (exact) mass is 370 g/mol. The minimum atomic E-state index is -0.270. The van der Waals surface area contributed by atoms with E-state index < -0.39 is 0 Å². The number of carbonyl (C=O) groups is 2. The lowest BCUT2D eigenvalue weighted by molar-refractivity contribution is -0.137. The highest BCUT2D eigenvalue weighted by Gasteiger charge is 2.41. The lowest BCUT2D eigenvalue weighted by Gasteiger charge is -2.25. The predicted molar refractivity (Wildman–Crippen MR) is 101 cm³/mol. The molecule has 2 amide bonds. The molecule has 1 aromatic heterocycles. The van der Waals surface area contributed by atoms with Gasteiger partial charge in [0.15, 0.2) is 0 Å². The molecule has 0 bridgehead atoms. The Kier molecular flexibility index (Phi) is 4.68. The van der Waals surface area contributed by atoms with Crippen LogP contribution in [0.1, 0.15) is 24.8 Å². The molecule has 2 aliphatic rings. The summed E-state index contributed by atoms with van der Waals surface area (Å²) < 4.78 is 5.25. The maximum Gasteiger partial charge on any atom is 0.228 e. The van der Waals surface area contributed by atoms with E-state index in [2.05, 4.69) is 11.4 Å². The van der Waals surface area contributed by atoms with E-state index in [4.69, 9.17) is 4.74 Å². The van der Waals surface area contributed by atoms with Crippen LogP contribution < -0.4 is 9.64 Å². The summed E-state index contributed by atoms with van der Waals surface area (Å²) in [4.78, 5) is 29.3. The summed E-state index contributed by atoms with van der Waals surface area (Å²) in [7, 11) is 1.61. The standard InChI is InChI=1S/C20H22N2O3S/c1-25-18-4-2-3-17(10-18)21-12-15(9-19(21)23)20(24)22(16-5-6-16)11-14-7-8-26-13-14/h2-4,7-8,10,13,15-16H,5-6,9,11-12H2,1H3. The number of thiophene rings is 1. The number of rotatable bonds is 6. The molecule has 1 aromatic carbocycles. The molecular formula is C20H22N2O3S. The molecule has 0 spiro atoms. The van der Waals surface area contributed by atoms with E-state index in [-0.39, 0.29) is 24.2 Å². The Morgan fingerprint density at radius 2 is 2.19 bits per heavy atom. The molecule has 6 heteroatoms. The van der Waals surface area contributed by atoms with Crippen molar-refractivity contribution in [3.05, 3.63) is 46.7 Å². The molecule has 1 unspecified atom stereocenters. The number of carbonyl (C=O) groups excluding carboxylic acids is 2. The largest absolute Gasteiger partial charge is 0.497 e. The first kappa shape index (κ1) is 17.1. The zero-order valence-corrected chi connectivity index (χ0v) is 15.6. The van der Waals surface area contributed by atoms with Gasteiger partial charge in [-0.2, -0.15) is 11.3 Å². The maximum atomic E-state index is 13.1. The fourth-order valence-electron chi connectivity index (χ4n) is 3.49. The third-order valence-corrected chi connectivity index (χ3v) is 5.78. The molecule has 136 valence electrons. The van der Waals surface area contributed by atoms with Gasteiger partial charge in [-0.1, -0.05) is 6.07 Å². The highest BCUT2D eigenvalue weighted by molar-refractivity contribution is 7.07. The molecule has 1 aliphatic carbocycles. The second-order valence-corrected chi connectivity index (χ2v) is 7.72. The average molecular weight is 370 g/mol. The summed E-state index contributed by atoms with van der Waals surface area (Å²) in [5.74, 6) is 0.551. The summed E-state index contributed by atoms with van der Waals surface area (Å²) in [6.07, 6.45) is 2.41. The molecule has 1 saturated carbocycles. The Balaban J connectivity index is 1.49. The Labute approximate surface area is 157 Å². The quantitative estimate of drug-likeness (QED) is 0.784. The summed E-state index contributed by atoms with van der Waals surface area (Å²) in [5, 5.41) is 4.12. The molecule has 2 aromatic rings. The van der Waals surface area contributed by atoms with Gasteiger partial charge in [-0.05, 0) is 47.4 Å². The Morgan fingerprint density at radius 3 is 2.88 bits per heavy atom. The van der Waals surface area contributed by atoms with Crippen LogP contribution in [0, 0.1) is 5.92 Å². The van der Waals surface area contributed by atoms with Crippen molar-refractivity contribution in [3.8, 4) is 5.75 Å². The van der Waals surface area contributed by atoms with Crippen molar-refractivity contribution < 1.29 is 14.3 Å². The number of benzene rings is 1. The highest BCUT2D eigenvalue weighted by atomic mass is 32.1. The van der Waals surface area contributed by atoms with Crippen molar-refractivity contribution in [1.82, 2.24) is 4.90 Å². The third-order valence-electron chi connectivity index (χ3n) is 5.04. The van der Waals surface area contributed by atoms with Crippen LogP contribution in [-0.2, 0) is 16.1 Å². The van der Waals surface area contributed by atoms with Gasteiger partial charge >= 0.3 is 0 Å². The molecule has 5 nitrogen and oxygen atoms in total. The van der Waals surface area contributed by atoms with Gasteiger partial charge in [0.2, 0.25) is 11.8 Å². The fraction of sp³-hybridized carbons (Fsp3) is 0.400. The molecule has 0 N–H and O–H groups in total. The van der Waals surface area contributed by atoms with Crippen molar-refractivity contribution in [2.45, 2.75) is 31.8 Å². The number of hydrogen-bond donors (Lipinski definition) is 0. The van der Waals surface area contributed by atoms with Crippen LogP contribution in [0.3, 0.4) is 0 Å². The molecule has 2 heterocycles. The van der Waals surface area contributed by atoms with Crippen molar-refractivity contribution in [1.29, 1.82) is 0 Å². The fourth-order valence-corrected chi connectivity index (χ4v) is 4.15. The van der Waals surface area contributed by atoms with Gasteiger partial charge < -0.3 is 14.5 Å². The maximum absolute atomic E-state index is 13.1. The minimum absolute atomic E-state index is 0.00267. The van der Waals surface area contributed by atoms with Crippen LogP contribution in [-0.4, -0.2) is 36.4 Å². The number of nitrogens with zero attached hydrogens (tertiary/aromatic N) is 2. The second kappa shape index (κ2) is 7.11. The van der Waals surface area contributed by atoms with Crippen molar-refractivity contribution in [2.24, 2.45) is 5.92 Å². The van der Waals surface area contributed by atoms with Crippen LogP contribution in [0.25, 0.3) is 0 Å². The van der Waals surface area contributed by atoms with Crippen LogP contribution in [0.15, 0.2) is 41.1 Å². The molecule has 1 aliphatic heterocycles. The van der Waals surface area contributed by atoms with Crippen molar-refractivity contribution in [3.63, 3.8) is 0 Å². The van der Waals surface area contributed by atoms with E-state index >= 15 is 0 Å². The highest BCUT2D eigenvalue weighted by Crippen LogP contribution is 2.34. The summed E-state index contributed by atoms with van der Waals surface area (Å²) in [6.45, 7) is 1.09. The molecule has 1 saturated heterocycles. The van der Waals surface area contributed by atoms with Gasteiger partial charge in [-0.25, -0.2) is 0 Å². The number of hydrogen-bond acceptors (Lipinski definition) is 4. The first-order valence-corrected chi connectivity index (χ1v) is 9.86. The topological polar surface area (TPSA) is 49.9 Å². The van der Waals surface area contributed by atoms with E-state index in [1.807, 2.05) is 34.5 Å². The predicted octanol–water partition coefficient (Wildman–Crippen LogP) is 3.30. The SMILES string of the molecule is COc1cccc(N2CC(C(=O)N(Cc3ccsc3)C3CC3)CC2=O)c1. The van der Waals surface area contributed by atoms with Crippen LogP contribution in [0.5, 0.6) is 5.75 Å². The van der Waals surface area contributed by atoms with E-state index in [1.54, 1.807) is 23.3 Å². The van der Waals surface area contributed by atoms with E-state index in [1.165, 1.54) is 5.56 Å². The zero-order valence-electron chi connectivity index (χ0n) is 14.8. The van der Waals surface area contributed by atoms with Gasteiger partial charge in [-0.3, -0.25) is 9.59 Å². The Hall–Kier alpha value is -2.34. The third kappa shape index (κ3) is 3.46. The summed E-state index contributed by atoms with van der Waals surface area (Å²) in [6, 6.07) is 9.84. The van der Waals surface area contributed by atoms with Gasteiger partial charge in [0.1, 0.15) is 5.75 Å². The van der Waals surface area contributed by atoms with Crippen molar-refractivity contribution >= 4 is 28.8 Å². The van der Waals surface area contributed by atoms with Crippen LogP contribution >= 0.6 is 11.3 Å². The van der Waals surface area contributed by atoms with E-state index in [0.29, 0.717) is 24.9 Å². The zero-order chi connectivity index (χ0) is 18.1. The van der Waals surface area contributed by atoms with E-state index in [0.717, 1.165) is 18.5 Å². The lowest BCUT2D eigenvalue weighted by Crippen LogP contribution is -2.38. The number of amides is 2. The van der Waals surface area contributed by atoms with Gasteiger partial charge in [0.25, 0.3) is 0 Å². The number of methoxy groups -OCH3 is 1. The van der Waals surface area contributed by atoms with Crippen molar-refractivity contribution in [2.75, 3.05) is 18.6 Å². The van der Waals surface area contributed by atoms with Crippen LogP contribution in [0.4, 0.5) is 5.69 Å². The smallest absolute Gasteiger partial charge is 0.228 e. The molecular weight excluding hydrogens is 348 g/mol. The lowest BCUT2D eigenvalue weighted by atomic mass is 10.1. The van der Waals surface area contributed by atoms with Gasteiger partial charge in [-0.15, -0.1) is 0 Å². The number of anilines is 1. The molecule has 2 fully saturated rings. The summed E-state index contributed by atoms with van der Waals surface area (Å²) >= 11 is 1.65. The molecule has 1 atom stereocenters.